The molecule has 6 nitrogen and oxygen atoms in total. The second-order valence-electron chi connectivity index (χ2n) is 3.99. The molecule has 102 valence electrons. The Balaban J connectivity index is 4.99. The summed E-state index contributed by atoms with van der Waals surface area (Å²) >= 11 is 0. The zero-order chi connectivity index (χ0) is 14.3. The highest BCUT2D eigenvalue weighted by Crippen LogP contribution is 2.23. The number of esters is 2. The third-order valence-electron chi connectivity index (χ3n) is 2.76. The van der Waals surface area contributed by atoms with Crippen LogP contribution >= 0.6 is 0 Å². The Bertz CT molecular complexity index is 312. The molecule has 0 amide bonds. The van der Waals surface area contributed by atoms with Crippen LogP contribution in [0, 0.1) is 11.8 Å². The molecular weight excluding hydrogens is 240 g/mol. The van der Waals surface area contributed by atoms with Gasteiger partial charge in [-0.05, 0) is 13.8 Å². The van der Waals surface area contributed by atoms with E-state index in [1.54, 1.807) is 0 Å². The van der Waals surface area contributed by atoms with Gasteiger partial charge in [0.2, 0.25) is 0 Å². The summed E-state index contributed by atoms with van der Waals surface area (Å²) in [4.78, 5) is 45.4. The first-order valence-electron chi connectivity index (χ1n) is 5.48. The van der Waals surface area contributed by atoms with Crippen LogP contribution in [0.25, 0.3) is 0 Å². The van der Waals surface area contributed by atoms with Gasteiger partial charge < -0.3 is 9.47 Å². The Morgan fingerprint density at radius 1 is 0.778 bits per heavy atom. The Kier molecular flexibility index (Phi) is 6.85. The predicted molar refractivity (Wildman–Crippen MR) is 61.6 cm³/mol. The fraction of sp³-hybridized carbons (Fsp3) is 0.667. The first kappa shape index (κ1) is 16.3. The average Bonchev–Trinajstić information content (AvgIpc) is 2.31. The minimum Gasteiger partial charge on any atom is -0.469 e. The average molecular weight is 258 g/mol. The third kappa shape index (κ3) is 5.07. The first-order valence-corrected chi connectivity index (χ1v) is 5.48. The molecule has 0 aromatic heterocycles. The quantitative estimate of drug-likeness (QED) is 0.619. The van der Waals surface area contributed by atoms with E-state index < -0.39 is 23.8 Å². The molecule has 0 spiro atoms. The van der Waals surface area contributed by atoms with E-state index in [-0.39, 0.29) is 24.4 Å². The number of ketones is 2. The molecule has 0 aromatic carbocycles. The lowest BCUT2D eigenvalue weighted by molar-refractivity contribution is -0.149. The van der Waals surface area contributed by atoms with E-state index in [0.29, 0.717) is 0 Å². The van der Waals surface area contributed by atoms with Crippen molar-refractivity contribution in [3.05, 3.63) is 0 Å². The minimum absolute atomic E-state index is 0.215. The zero-order valence-corrected chi connectivity index (χ0v) is 11.0. The van der Waals surface area contributed by atoms with Gasteiger partial charge in [0, 0.05) is 11.8 Å². The summed E-state index contributed by atoms with van der Waals surface area (Å²) in [7, 11) is 2.39. The Hall–Kier alpha value is -1.72. The normalized spacial score (nSPS) is 13.3. The number of ether oxygens (including phenoxy) is 2. The van der Waals surface area contributed by atoms with E-state index in [1.807, 2.05) is 0 Å². The molecule has 2 atom stereocenters. The Labute approximate surface area is 106 Å². The highest BCUT2D eigenvalue weighted by molar-refractivity contribution is 5.92. The van der Waals surface area contributed by atoms with E-state index in [0.717, 1.165) is 0 Å². The van der Waals surface area contributed by atoms with Gasteiger partial charge in [0.1, 0.15) is 11.6 Å². The molecule has 6 heteroatoms. The number of hydrogen-bond acceptors (Lipinski definition) is 6. The van der Waals surface area contributed by atoms with E-state index in [2.05, 4.69) is 9.47 Å². The second kappa shape index (κ2) is 7.58. The molecule has 0 aliphatic rings. The van der Waals surface area contributed by atoms with E-state index >= 15 is 0 Å². The molecule has 18 heavy (non-hydrogen) atoms. The monoisotopic (exact) mass is 258 g/mol. The lowest BCUT2D eigenvalue weighted by Gasteiger charge is -2.21. The van der Waals surface area contributed by atoms with Gasteiger partial charge in [-0.2, -0.15) is 0 Å². The SMILES string of the molecule is COC(=O)CC(C(C)=O)C(CC(=O)OC)C(C)=O. The highest BCUT2D eigenvalue weighted by Gasteiger charge is 2.33. The molecule has 0 saturated carbocycles. The molecule has 0 saturated heterocycles. The van der Waals surface area contributed by atoms with Crippen LogP contribution in [0.1, 0.15) is 26.7 Å². The standard InChI is InChI=1S/C12H18O6/c1-7(13)9(5-11(15)17-3)10(8(2)14)6-12(16)18-4/h9-10H,5-6H2,1-4H3. The van der Waals surface area contributed by atoms with Crippen molar-refractivity contribution in [2.75, 3.05) is 14.2 Å². The second-order valence-corrected chi connectivity index (χ2v) is 3.99. The van der Waals surface area contributed by atoms with Crippen LogP contribution in [-0.2, 0) is 28.7 Å². The van der Waals surface area contributed by atoms with Crippen LogP contribution in [0.2, 0.25) is 0 Å². The smallest absolute Gasteiger partial charge is 0.306 e. The van der Waals surface area contributed by atoms with Crippen LogP contribution in [0.5, 0.6) is 0 Å². The lowest BCUT2D eigenvalue weighted by Crippen LogP contribution is -2.32. The van der Waals surface area contributed by atoms with Gasteiger partial charge in [-0.1, -0.05) is 0 Å². The maximum Gasteiger partial charge on any atom is 0.306 e. The molecule has 0 aromatic rings. The molecule has 2 unspecified atom stereocenters. The number of hydrogen-bond donors (Lipinski definition) is 0. The fourth-order valence-electron chi connectivity index (χ4n) is 1.66. The van der Waals surface area contributed by atoms with Crippen LogP contribution in [0.3, 0.4) is 0 Å². The number of carbonyl (C=O) groups excluding carboxylic acids is 4. The van der Waals surface area contributed by atoms with Crippen LogP contribution in [0.15, 0.2) is 0 Å². The molecule has 0 radical (unpaired) electrons. The van der Waals surface area contributed by atoms with Crippen molar-refractivity contribution in [2.45, 2.75) is 26.7 Å². The fourth-order valence-corrected chi connectivity index (χ4v) is 1.66. The minimum atomic E-state index is -0.853. The largest absolute Gasteiger partial charge is 0.469 e. The van der Waals surface area contributed by atoms with Crippen LogP contribution in [-0.4, -0.2) is 37.7 Å². The van der Waals surface area contributed by atoms with Gasteiger partial charge >= 0.3 is 11.9 Å². The molecular formula is C12H18O6. The van der Waals surface area contributed by atoms with Crippen molar-refractivity contribution in [3.8, 4) is 0 Å². The number of methoxy groups -OCH3 is 2. The van der Waals surface area contributed by atoms with Gasteiger partial charge in [0.25, 0.3) is 0 Å². The Morgan fingerprint density at radius 2 is 1.06 bits per heavy atom. The van der Waals surface area contributed by atoms with E-state index in [1.165, 1.54) is 28.1 Å². The van der Waals surface area contributed by atoms with Gasteiger partial charge in [0.15, 0.2) is 0 Å². The maximum atomic E-state index is 11.5. The maximum absolute atomic E-state index is 11.5. The van der Waals surface area contributed by atoms with Gasteiger partial charge in [-0.3, -0.25) is 19.2 Å². The molecule has 0 bridgehead atoms. The highest BCUT2D eigenvalue weighted by atomic mass is 16.5. The molecule has 0 rings (SSSR count). The number of Topliss-reactive ketones (excluding diaryl/α,β-unsaturated/α-hetero) is 2. The first-order chi connectivity index (χ1) is 8.33. The third-order valence-corrected chi connectivity index (χ3v) is 2.76. The number of carbonyl (C=O) groups is 4. The molecule has 0 fully saturated rings. The summed E-state index contributed by atoms with van der Waals surface area (Å²) in [5.74, 6) is -3.55. The van der Waals surface area contributed by atoms with Crippen molar-refractivity contribution in [3.63, 3.8) is 0 Å². The molecule has 0 N–H and O–H groups in total. The van der Waals surface area contributed by atoms with Gasteiger partial charge in [-0.15, -0.1) is 0 Å². The van der Waals surface area contributed by atoms with Crippen molar-refractivity contribution >= 4 is 23.5 Å². The zero-order valence-electron chi connectivity index (χ0n) is 11.0. The van der Waals surface area contributed by atoms with Crippen molar-refractivity contribution in [1.29, 1.82) is 0 Å². The summed E-state index contributed by atoms with van der Waals surface area (Å²) in [5.41, 5.74) is 0. The van der Waals surface area contributed by atoms with Crippen LogP contribution in [0.4, 0.5) is 0 Å². The summed E-state index contributed by atoms with van der Waals surface area (Å²) in [6.07, 6.45) is -0.430. The number of rotatable bonds is 7. The van der Waals surface area contributed by atoms with Crippen molar-refractivity contribution in [1.82, 2.24) is 0 Å². The summed E-state index contributed by atoms with van der Waals surface area (Å²) in [5, 5.41) is 0. The van der Waals surface area contributed by atoms with Crippen LogP contribution < -0.4 is 0 Å². The summed E-state index contributed by atoms with van der Waals surface area (Å²) < 4.78 is 8.95. The predicted octanol–water partition coefficient (Wildman–Crippen LogP) is 0.523. The molecule has 0 aliphatic carbocycles. The van der Waals surface area contributed by atoms with Crippen molar-refractivity contribution in [2.24, 2.45) is 11.8 Å². The topological polar surface area (TPSA) is 86.7 Å². The molecule has 0 heterocycles. The van der Waals surface area contributed by atoms with E-state index in [4.69, 9.17) is 0 Å². The van der Waals surface area contributed by atoms with Gasteiger partial charge in [-0.25, -0.2) is 0 Å². The Morgan fingerprint density at radius 3 is 1.22 bits per heavy atom. The summed E-state index contributed by atoms with van der Waals surface area (Å²) in [6, 6.07) is 0. The summed E-state index contributed by atoms with van der Waals surface area (Å²) in [6.45, 7) is 2.56. The van der Waals surface area contributed by atoms with Crippen molar-refractivity contribution < 1.29 is 28.7 Å². The lowest BCUT2D eigenvalue weighted by atomic mass is 9.82. The van der Waals surface area contributed by atoms with E-state index in [9.17, 15) is 19.2 Å². The van der Waals surface area contributed by atoms with Gasteiger partial charge in [0.05, 0.1) is 27.1 Å². The molecule has 0 aliphatic heterocycles.